The minimum absolute atomic E-state index is 0.358. The lowest BCUT2D eigenvalue weighted by Gasteiger charge is -2.58. The van der Waals surface area contributed by atoms with E-state index in [-0.39, 0.29) is 0 Å². The molecule has 1 aromatic heterocycles. The summed E-state index contributed by atoms with van der Waals surface area (Å²) in [6.45, 7) is 2.21. The second-order valence-corrected chi connectivity index (χ2v) is 9.44. The lowest BCUT2D eigenvalue weighted by molar-refractivity contribution is -0.0399. The first-order chi connectivity index (χ1) is 12.7. The van der Waals surface area contributed by atoms with Crippen LogP contribution >= 0.6 is 0 Å². The molecule has 0 saturated heterocycles. The van der Waals surface area contributed by atoms with Gasteiger partial charge in [0, 0.05) is 22.1 Å². The highest BCUT2D eigenvalue weighted by Gasteiger charge is 2.52. The van der Waals surface area contributed by atoms with Gasteiger partial charge in [0.05, 0.1) is 0 Å². The molecule has 2 aromatic carbocycles. The smallest absolute Gasteiger partial charge is 0.0496 e. The maximum absolute atomic E-state index is 2.79. The van der Waals surface area contributed by atoms with Crippen LogP contribution in [0.1, 0.15) is 44.1 Å². The maximum Gasteiger partial charge on any atom is 0.0496 e. The molecular weight excluding hydrogens is 314 g/mol. The Hall–Kier alpha value is -2.02. The van der Waals surface area contributed by atoms with Crippen molar-refractivity contribution in [3.05, 3.63) is 60.2 Å². The van der Waals surface area contributed by atoms with Crippen molar-refractivity contribution < 1.29 is 0 Å². The van der Waals surface area contributed by atoms with Crippen LogP contribution in [0.3, 0.4) is 0 Å². The number of hydrogen-bond acceptors (Lipinski definition) is 0. The van der Waals surface area contributed by atoms with Crippen molar-refractivity contribution in [3.63, 3.8) is 0 Å². The zero-order chi connectivity index (χ0) is 17.3. The van der Waals surface area contributed by atoms with E-state index in [0.29, 0.717) is 5.54 Å². The Bertz CT molecular complexity index is 943. The lowest BCUT2D eigenvalue weighted by Crippen LogP contribution is -2.51. The van der Waals surface area contributed by atoms with E-state index in [1.54, 1.807) is 0 Å². The van der Waals surface area contributed by atoms with Crippen LogP contribution in [0.5, 0.6) is 0 Å². The van der Waals surface area contributed by atoms with Gasteiger partial charge in [0.1, 0.15) is 0 Å². The number of aryl methyl sites for hydroxylation is 1. The van der Waals surface area contributed by atoms with Crippen LogP contribution in [-0.2, 0) is 5.54 Å². The van der Waals surface area contributed by atoms with Crippen LogP contribution in [-0.4, -0.2) is 4.57 Å². The van der Waals surface area contributed by atoms with Gasteiger partial charge < -0.3 is 4.57 Å². The van der Waals surface area contributed by atoms with Gasteiger partial charge in [-0.2, -0.15) is 0 Å². The van der Waals surface area contributed by atoms with Gasteiger partial charge in [-0.05, 0) is 87.0 Å². The molecule has 0 atom stereocenters. The molecule has 0 spiro atoms. The summed E-state index contributed by atoms with van der Waals surface area (Å²) in [5.74, 6) is 2.90. The molecule has 0 aliphatic heterocycles. The van der Waals surface area contributed by atoms with Gasteiger partial charge in [0.2, 0.25) is 0 Å². The van der Waals surface area contributed by atoms with Crippen LogP contribution in [0.25, 0.3) is 22.2 Å². The number of nitrogens with zero attached hydrogens (tertiary/aromatic N) is 1. The third-order valence-electron chi connectivity index (χ3n) is 7.51. The van der Waals surface area contributed by atoms with Crippen LogP contribution in [0.15, 0.2) is 54.6 Å². The Morgan fingerprint density at radius 2 is 1.46 bits per heavy atom. The lowest BCUT2D eigenvalue weighted by atomic mass is 9.53. The minimum atomic E-state index is 0.358. The zero-order valence-corrected chi connectivity index (χ0v) is 15.6. The maximum atomic E-state index is 2.79. The Morgan fingerprint density at radius 3 is 2.12 bits per heavy atom. The first-order valence-corrected chi connectivity index (χ1v) is 10.4. The van der Waals surface area contributed by atoms with E-state index in [1.807, 2.05) is 0 Å². The molecule has 3 aromatic rings. The molecule has 1 heterocycles. The molecule has 0 N–H and O–H groups in total. The molecule has 4 aliphatic carbocycles. The summed E-state index contributed by atoms with van der Waals surface area (Å²) in [6.07, 6.45) is 8.69. The first-order valence-electron chi connectivity index (χ1n) is 10.4. The van der Waals surface area contributed by atoms with E-state index >= 15 is 0 Å². The fourth-order valence-corrected chi connectivity index (χ4v) is 7.01. The summed E-state index contributed by atoms with van der Waals surface area (Å²) < 4.78 is 2.79. The third kappa shape index (κ3) is 2.09. The predicted octanol–water partition coefficient (Wildman–Crippen LogP) is 6.54. The highest BCUT2D eigenvalue weighted by molar-refractivity contribution is 5.88. The van der Waals surface area contributed by atoms with Gasteiger partial charge in [0.15, 0.2) is 0 Å². The van der Waals surface area contributed by atoms with Gasteiger partial charge in [0.25, 0.3) is 0 Å². The monoisotopic (exact) mass is 341 g/mol. The highest BCUT2D eigenvalue weighted by atomic mass is 15.1. The summed E-state index contributed by atoms with van der Waals surface area (Å²) in [5, 5.41) is 1.42. The Balaban J connectivity index is 1.62. The normalized spacial score (nSPS) is 32.4. The van der Waals surface area contributed by atoms with Gasteiger partial charge in [-0.3, -0.25) is 0 Å². The second-order valence-electron chi connectivity index (χ2n) is 9.44. The van der Waals surface area contributed by atoms with Crippen molar-refractivity contribution in [2.24, 2.45) is 17.8 Å². The first kappa shape index (κ1) is 15.1. The molecule has 0 amide bonds. The van der Waals surface area contributed by atoms with Crippen molar-refractivity contribution >= 4 is 10.9 Å². The van der Waals surface area contributed by atoms with Crippen molar-refractivity contribution in [2.75, 3.05) is 0 Å². The Morgan fingerprint density at radius 1 is 0.808 bits per heavy atom. The average Bonchev–Trinajstić information content (AvgIpc) is 3.00. The quantitative estimate of drug-likeness (QED) is 0.498. The molecule has 1 nitrogen and oxygen atoms in total. The van der Waals surface area contributed by atoms with E-state index in [2.05, 4.69) is 66.1 Å². The second kappa shape index (κ2) is 5.25. The fourth-order valence-electron chi connectivity index (χ4n) is 7.01. The summed E-state index contributed by atoms with van der Waals surface area (Å²) >= 11 is 0. The average molecular weight is 341 g/mol. The molecule has 26 heavy (non-hydrogen) atoms. The van der Waals surface area contributed by atoms with E-state index in [9.17, 15) is 0 Å². The van der Waals surface area contributed by atoms with Crippen LogP contribution in [0, 0.1) is 24.7 Å². The highest BCUT2D eigenvalue weighted by Crippen LogP contribution is 2.60. The summed E-state index contributed by atoms with van der Waals surface area (Å²) in [7, 11) is 0. The van der Waals surface area contributed by atoms with Crippen LogP contribution in [0.4, 0.5) is 0 Å². The minimum Gasteiger partial charge on any atom is -0.334 e. The predicted molar refractivity (Wildman–Crippen MR) is 108 cm³/mol. The molecule has 1 heteroatoms. The van der Waals surface area contributed by atoms with E-state index < -0.39 is 0 Å². The van der Waals surface area contributed by atoms with Gasteiger partial charge in [-0.15, -0.1) is 0 Å². The summed E-state index contributed by atoms with van der Waals surface area (Å²) in [6, 6.07) is 20.6. The van der Waals surface area contributed by atoms with Crippen molar-refractivity contribution in [1.82, 2.24) is 4.57 Å². The molecule has 4 aliphatic rings. The molecule has 0 unspecified atom stereocenters. The topological polar surface area (TPSA) is 4.93 Å². The molecule has 0 radical (unpaired) electrons. The van der Waals surface area contributed by atoms with E-state index in [1.165, 1.54) is 66.2 Å². The number of aromatic nitrogens is 1. The van der Waals surface area contributed by atoms with Gasteiger partial charge >= 0.3 is 0 Å². The van der Waals surface area contributed by atoms with Crippen molar-refractivity contribution in [3.8, 4) is 11.3 Å². The van der Waals surface area contributed by atoms with Gasteiger partial charge in [-0.1, -0.05) is 42.0 Å². The SMILES string of the molecule is Cc1ccc2c(c1)cc(-c1ccccc1)n2C12CC3CC(CC(C3)C1)C2. The van der Waals surface area contributed by atoms with E-state index in [4.69, 9.17) is 0 Å². The molecule has 4 fully saturated rings. The summed E-state index contributed by atoms with van der Waals surface area (Å²) in [4.78, 5) is 0. The number of benzene rings is 2. The van der Waals surface area contributed by atoms with Crippen molar-refractivity contribution in [1.29, 1.82) is 0 Å². The molecule has 132 valence electrons. The number of rotatable bonds is 2. The van der Waals surface area contributed by atoms with Crippen LogP contribution in [0.2, 0.25) is 0 Å². The Kier molecular flexibility index (Phi) is 3.05. The fraction of sp³-hybridized carbons (Fsp3) is 0.440. The molecule has 4 saturated carbocycles. The molecule has 4 bridgehead atoms. The Labute approximate surface area is 156 Å². The zero-order valence-electron chi connectivity index (χ0n) is 15.6. The standard InChI is InChI=1S/C25H27N/c1-17-7-8-23-22(9-17)13-24(21-5-3-2-4-6-21)26(23)25-14-18-10-19(15-25)12-20(11-18)16-25/h2-9,13,18-20H,10-12,14-16H2,1H3. The largest absolute Gasteiger partial charge is 0.334 e. The third-order valence-corrected chi connectivity index (χ3v) is 7.51. The number of fused-ring (bicyclic) bond motifs is 1. The van der Waals surface area contributed by atoms with E-state index in [0.717, 1.165) is 17.8 Å². The van der Waals surface area contributed by atoms with Gasteiger partial charge in [-0.25, -0.2) is 0 Å². The summed E-state index contributed by atoms with van der Waals surface area (Å²) in [5.41, 5.74) is 5.98. The molecular formula is C25H27N. The molecule has 7 rings (SSSR count). The number of hydrogen-bond donors (Lipinski definition) is 0. The van der Waals surface area contributed by atoms with Crippen molar-refractivity contribution in [2.45, 2.75) is 51.0 Å². The van der Waals surface area contributed by atoms with Crippen LogP contribution < -0.4 is 0 Å².